The van der Waals surface area contributed by atoms with Crippen molar-refractivity contribution in [3.63, 3.8) is 0 Å². The van der Waals surface area contributed by atoms with E-state index in [1.54, 1.807) is 0 Å². The zero-order valence-electron chi connectivity index (χ0n) is 12.3. The molecule has 0 aliphatic rings. The van der Waals surface area contributed by atoms with Gasteiger partial charge >= 0.3 is 0 Å². The smallest absolute Gasteiger partial charge is 0.146 e. The molecule has 0 aromatic heterocycles. The van der Waals surface area contributed by atoms with E-state index in [4.69, 9.17) is 4.43 Å². The maximum atomic E-state index is 5.99. The Balaban J connectivity index is 4.22. The fourth-order valence-electron chi connectivity index (χ4n) is 2.65. The largest absolute Gasteiger partial charge is 0.422 e. The molecule has 0 saturated carbocycles. The van der Waals surface area contributed by atoms with Gasteiger partial charge in [0.2, 0.25) is 0 Å². The molecule has 0 saturated heterocycles. The minimum atomic E-state index is 0.124. The second kappa shape index (κ2) is 7.46. The third-order valence-electron chi connectivity index (χ3n) is 3.76. The maximum absolute atomic E-state index is 5.99. The molecule has 0 bridgehead atoms. The van der Waals surface area contributed by atoms with Crippen molar-refractivity contribution < 1.29 is 4.43 Å². The summed E-state index contributed by atoms with van der Waals surface area (Å²) >= 11 is 0. The predicted molar refractivity (Wildman–Crippen MR) is 75.8 cm³/mol. The van der Waals surface area contributed by atoms with Gasteiger partial charge < -0.3 is 9.33 Å². The SMILES string of the molecule is CC(C)C(CCCCN(C)C)(O[SiH3])C(C)C. The van der Waals surface area contributed by atoms with Crippen LogP contribution in [0.2, 0.25) is 0 Å². The highest BCUT2D eigenvalue weighted by Crippen LogP contribution is 2.34. The van der Waals surface area contributed by atoms with Gasteiger partial charge in [-0.3, -0.25) is 0 Å². The average molecular weight is 245 g/mol. The molecular formula is C13H31NOSi. The van der Waals surface area contributed by atoms with Crippen molar-refractivity contribution in [1.29, 1.82) is 0 Å². The summed E-state index contributed by atoms with van der Waals surface area (Å²) < 4.78 is 5.99. The minimum Gasteiger partial charge on any atom is -0.422 e. The summed E-state index contributed by atoms with van der Waals surface area (Å²) in [5.41, 5.74) is 0.124. The first-order valence-electron chi connectivity index (χ1n) is 6.56. The molecule has 0 fully saturated rings. The van der Waals surface area contributed by atoms with Gasteiger partial charge in [-0.1, -0.05) is 27.7 Å². The van der Waals surface area contributed by atoms with Crippen LogP contribution in [0.25, 0.3) is 0 Å². The maximum Gasteiger partial charge on any atom is 0.146 e. The van der Waals surface area contributed by atoms with Crippen molar-refractivity contribution in [3.8, 4) is 0 Å². The van der Waals surface area contributed by atoms with Gasteiger partial charge in [-0.15, -0.1) is 0 Å². The van der Waals surface area contributed by atoms with Crippen molar-refractivity contribution >= 4 is 10.5 Å². The Hall–Kier alpha value is 0.137. The van der Waals surface area contributed by atoms with Crippen LogP contribution in [0.3, 0.4) is 0 Å². The van der Waals surface area contributed by atoms with Gasteiger partial charge in [-0.2, -0.15) is 0 Å². The van der Waals surface area contributed by atoms with Crippen LogP contribution >= 0.6 is 0 Å². The zero-order chi connectivity index (χ0) is 12.8. The third-order valence-corrected chi connectivity index (χ3v) is 4.52. The summed E-state index contributed by atoms with van der Waals surface area (Å²) in [6.45, 7) is 10.4. The Kier molecular flexibility index (Phi) is 7.52. The van der Waals surface area contributed by atoms with Gasteiger partial charge in [0.1, 0.15) is 10.5 Å². The molecule has 0 amide bonds. The van der Waals surface area contributed by atoms with E-state index in [2.05, 4.69) is 46.7 Å². The van der Waals surface area contributed by atoms with Crippen LogP contribution in [0.4, 0.5) is 0 Å². The molecule has 16 heavy (non-hydrogen) atoms. The lowest BCUT2D eigenvalue weighted by Gasteiger charge is -2.41. The van der Waals surface area contributed by atoms with Crippen LogP contribution in [-0.2, 0) is 4.43 Å². The average Bonchev–Trinajstić information content (AvgIpc) is 2.16. The molecule has 0 spiro atoms. The van der Waals surface area contributed by atoms with Gasteiger partial charge in [0.15, 0.2) is 0 Å². The first-order valence-corrected chi connectivity index (χ1v) is 7.38. The molecule has 0 aromatic rings. The van der Waals surface area contributed by atoms with E-state index in [0.29, 0.717) is 11.8 Å². The van der Waals surface area contributed by atoms with Crippen LogP contribution in [0, 0.1) is 11.8 Å². The van der Waals surface area contributed by atoms with Crippen LogP contribution in [0.1, 0.15) is 47.0 Å². The normalized spacial score (nSPS) is 13.3. The molecule has 2 nitrogen and oxygen atoms in total. The number of hydrogen-bond donors (Lipinski definition) is 0. The Bertz CT molecular complexity index is 173. The van der Waals surface area contributed by atoms with Crippen molar-refractivity contribution in [2.24, 2.45) is 11.8 Å². The standard InChI is InChI=1S/C13H31NOSi/c1-11(2)13(15-16,12(3)4)9-7-8-10-14(5)6/h11-12H,7-10H2,1-6,16H3. The molecule has 0 heterocycles. The van der Waals surface area contributed by atoms with Gasteiger partial charge in [0.25, 0.3) is 0 Å². The molecule has 0 aromatic carbocycles. The fraction of sp³-hybridized carbons (Fsp3) is 1.00. The Morgan fingerprint density at radius 2 is 1.56 bits per heavy atom. The summed E-state index contributed by atoms with van der Waals surface area (Å²) in [5, 5.41) is 0. The molecular weight excluding hydrogens is 214 g/mol. The second-order valence-corrected chi connectivity index (χ2v) is 6.14. The van der Waals surface area contributed by atoms with E-state index >= 15 is 0 Å². The van der Waals surface area contributed by atoms with Crippen molar-refractivity contribution in [2.75, 3.05) is 20.6 Å². The fourth-order valence-corrected chi connectivity index (χ4v) is 3.79. The Morgan fingerprint density at radius 1 is 1.06 bits per heavy atom. The number of hydrogen-bond acceptors (Lipinski definition) is 2. The number of unbranched alkanes of at least 4 members (excludes halogenated alkanes) is 1. The molecule has 0 N–H and O–H groups in total. The summed E-state index contributed by atoms with van der Waals surface area (Å²) in [6, 6.07) is 0. The Morgan fingerprint density at radius 3 is 1.88 bits per heavy atom. The van der Waals surface area contributed by atoms with Crippen LogP contribution in [0.5, 0.6) is 0 Å². The van der Waals surface area contributed by atoms with E-state index in [-0.39, 0.29) is 5.60 Å². The molecule has 0 rings (SSSR count). The van der Waals surface area contributed by atoms with E-state index in [9.17, 15) is 0 Å². The van der Waals surface area contributed by atoms with Crippen molar-refractivity contribution in [2.45, 2.75) is 52.6 Å². The lowest BCUT2D eigenvalue weighted by Crippen LogP contribution is -2.43. The van der Waals surface area contributed by atoms with E-state index in [0.717, 1.165) is 10.5 Å². The molecule has 0 atom stereocenters. The number of nitrogens with zero attached hydrogens (tertiary/aromatic N) is 1. The van der Waals surface area contributed by atoms with Crippen LogP contribution in [0.15, 0.2) is 0 Å². The summed E-state index contributed by atoms with van der Waals surface area (Å²) in [7, 11) is 5.13. The van der Waals surface area contributed by atoms with Crippen molar-refractivity contribution in [3.05, 3.63) is 0 Å². The first kappa shape index (κ1) is 16.1. The van der Waals surface area contributed by atoms with E-state index in [1.165, 1.54) is 25.8 Å². The van der Waals surface area contributed by atoms with Crippen LogP contribution in [-0.4, -0.2) is 41.6 Å². The molecule has 0 radical (unpaired) electrons. The van der Waals surface area contributed by atoms with Gasteiger partial charge in [-0.25, -0.2) is 0 Å². The lowest BCUT2D eigenvalue weighted by molar-refractivity contribution is -0.0245. The minimum absolute atomic E-state index is 0.124. The van der Waals surface area contributed by atoms with Gasteiger partial charge in [-0.05, 0) is 51.7 Å². The molecule has 0 aliphatic heterocycles. The summed E-state index contributed by atoms with van der Waals surface area (Å²) in [4.78, 5) is 2.26. The van der Waals surface area contributed by atoms with Gasteiger partial charge in [0.05, 0.1) is 5.60 Å². The highest BCUT2D eigenvalue weighted by Gasteiger charge is 2.35. The number of rotatable bonds is 8. The van der Waals surface area contributed by atoms with E-state index < -0.39 is 0 Å². The van der Waals surface area contributed by atoms with Crippen molar-refractivity contribution in [1.82, 2.24) is 4.90 Å². The summed E-state index contributed by atoms with van der Waals surface area (Å²) in [5.74, 6) is 1.23. The first-order chi connectivity index (χ1) is 7.36. The summed E-state index contributed by atoms with van der Waals surface area (Å²) in [6.07, 6.45) is 3.76. The zero-order valence-corrected chi connectivity index (χ0v) is 14.3. The van der Waals surface area contributed by atoms with Gasteiger partial charge in [0, 0.05) is 0 Å². The molecule has 0 aliphatic carbocycles. The lowest BCUT2D eigenvalue weighted by atomic mass is 9.77. The highest BCUT2D eigenvalue weighted by atomic mass is 28.2. The predicted octanol–water partition coefficient (Wildman–Crippen LogP) is 2.07. The quantitative estimate of drug-likeness (QED) is 0.479. The monoisotopic (exact) mass is 245 g/mol. The third kappa shape index (κ3) is 4.56. The highest BCUT2D eigenvalue weighted by molar-refractivity contribution is 5.98. The van der Waals surface area contributed by atoms with E-state index in [1.807, 2.05) is 0 Å². The molecule has 98 valence electrons. The Labute approximate surface area is 105 Å². The second-order valence-electron chi connectivity index (χ2n) is 5.73. The molecule has 3 heteroatoms. The van der Waals surface area contributed by atoms with Crippen LogP contribution < -0.4 is 0 Å². The molecule has 0 unspecified atom stereocenters. The topological polar surface area (TPSA) is 12.5 Å².